The van der Waals surface area contributed by atoms with Crippen molar-refractivity contribution >= 4 is 40.6 Å². The summed E-state index contributed by atoms with van der Waals surface area (Å²) in [4.78, 5) is 32.5. The maximum absolute atomic E-state index is 13.2. The van der Waals surface area contributed by atoms with E-state index in [1.54, 1.807) is 4.90 Å². The third-order valence-electron chi connectivity index (χ3n) is 7.44. The van der Waals surface area contributed by atoms with Gasteiger partial charge in [-0.05, 0) is 18.9 Å². The number of nitrogens with zero attached hydrogens (tertiary/aromatic N) is 2. The largest absolute Gasteiger partial charge is 0.507 e. The minimum atomic E-state index is -0.109. The van der Waals surface area contributed by atoms with Gasteiger partial charge in [-0.1, -0.05) is 89.8 Å². The molecule has 41 heavy (non-hydrogen) atoms. The zero-order chi connectivity index (χ0) is 29.5. The lowest BCUT2D eigenvalue weighted by atomic mass is 9.93. The second-order valence-corrected chi connectivity index (χ2v) is 13.0. The van der Waals surface area contributed by atoms with Crippen molar-refractivity contribution in [1.82, 2.24) is 9.88 Å². The SMILES string of the molecule is CCCCCCCCC(CCCCCC)C(=O)Nc1cc(O)c(Sc2nc(CC(=O)N3CCOCC3)cs2)cc1O. The number of carbonyl (C=O) groups is 2. The molecule has 1 unspecified atom stereocenters. The molecule has 1 aromatic heterocycles. The Kier molecular flexibility index (Phi) is 14.8. The lowest BCUT2D eigenvalue weighted by Crippen LogP contribution is -2.41. The van der Waals surface area contributed by atoms with E-state index in [0.717, 1.165) is 44.9 Å². The number of hydrogen-bond acceptors (Lipinski definition) is 8. The van der Waals surface area contributed by atoms with E-state index in [-0.39, 0.29) is 41.3 Å². The quantitative estimate of drug-likeness (QED) is 0.0923. The Morgan fingerprint density at radius 2 is 1.61 bits per heavy atom. The van der Waals surface area contributed by atoms with Gasteiger partial charge in [-0.2, -0.15) is 0 Å². The summed E-state index contributed by atoms with van der Waals surface area (Å²) in [6.45, 7) is 6.70. The van der Waals surface area contributed by atoms with E-state index >= 15 is 0 Å². The molecule has 0 saturated carbocycles. The minimum Gasteiger partial charge on any atom is -0.507 e. The van der Waals surface area contributed by atoms with E-state index in [4.69, 9.17) is 4.74 Å². The number of benzene rings is 1. The Morgan fingerprint density at radius 1 is 0.976 bits per heavy atom. The molecule has 0 bridgehead atoms. The van der Waals surface area contributed by atoms with Crippen LogP contribution in [0, 0.1) is 5.92 Å². The fraction of sp³-hybridized carbons (Fsp3) is 0.645. The van der Waals surface area contributed by atoms with E-state index in [2.05, 4.69) is 24.1 Å². The van der Waals surface area contributed by atoms with Crippen molar-refractivity contribution in [2.24, 2.45) is 5.92 Å². The van der Waals surface area contributed by atoms with Crippen LogP contribution in [0.2, 0.25) is 0 Å². The molecule has 1 atom stereocenters. The fourth-order valence-corrected chi connectivity index (χ4v) is 6.79. The molecule has 8 nitrogen and oxygen atoms in total. The summed E-state index contributed by atoms with van der Waals surface area (Å²) in [7, 11) is 0. The van der Waals surface area contributed by atoms with Gasteiger partial charge in [0.2, 0.25) is 11.8 Å². The average Bonchev–Trinajstić information content (AvgIpc) is 3.41. The van der Waals surface area contributed by atoms with Crippen LogP contribution in [0.15, 0.2) is 26.7 Å². The molecule has 2 amide bonds. The Bertz CT molecular complexity index is 1090. The van der Waals surface area contributed by atoms with Crippen molar-refractivity contribution in [3.05, 3.63) is 23.2 Å². The molecular formula is C31H47N3O5S2. The number of phenols is 2. The second kappa shape index (κ2) is 18.3. The first-order chi connectivity index (χ1) is 19.9. The predicted molar refractivity (Wildman–Crippen MR) is 166 cm³/mol. The van der Waals surface area contributed by atoms with Gasteiger partial charge in [0.05, 0.1) is 35.9 Å². The number of carbonyl (C=O) groups excluding carboxylic acids is 2. The van der Waals surface area contributed by atoms with Gasteiger partial charge >= 0.3 is 0 Å². The predicted octanol–water partition coefficient (Wildman–Crippen LogP) is 7.38. The summed E-state index contributed by atoms with van der Waals surface area (Å²) >= 11 is 2.61. The standard InChI is InChI=1S/C31H47N3O5S2/c1-3-5-7-9-10-12-14-23(13-11-8-6-4-2)30(38)33-25-20-27(36)28(21-26(25)35)41-31-32-24(22-40-31)19-29(37)34-15-17-39-18-16-34/h20-23,35-36H,3-19H2,1-2H3,(H,33,38). The van der Waals surface area contributed by atoms with Crippen molar-refractivity contribution in [2.45, 2.75) is 107 Å². The van der Waals surface area contributed by atoms with Crippen molar-refractivity contribution in [3.63, 3.8) is 0 Å². The van der Waals surface area contributed by atoms with Crippen molar-refractivity contribution in [2.75, 3.05) is 31.6 Å². The van der Waals surface area contributed by atoms with Gasteiger partial charge in [0, 0.05) is 30.5 Å². The number of rotatable bonds is 18. The number of morpholine rings is 1. The molecule has 1 aromatic carbocycles. The van der Waals surface area contributed by atoms with E-state index < -0.39 is 0 Å². The summed E-state index contributed by atoms with van der Waals surface area (Å²) in [6.07, 6.45) is 13.4. The highest BCUT2D eigenvalue weighted by Crippen LogP contribution is 2.41. The molecule has 1 fully saturated rings. The lowest BCUT2D eigenvalue weighted by molar-refractivity contribution is -0.134. The van der Waals surface area contributed by atoms with E-state index in [9.17, 15) is 19.8 Å². The Labute approximate surface area is 253 Å². The molecule has 1 saturated heterocycles. The highest BCUT2D eigenvalue weighted by molar-refractivity contribution is 8.01. The number of hydrogen-bond donors (Lipinski definition) is 3. The van der Waals surface area contributed by atoms with Crippen molar-refractivity contribution in [3.8, 4) is 11.5 Å². The van der Waals surface area contributed by atoms with Gasteiger partial charge < -0.3 is 25.2 Å². The van der Waals surface area contributed by atoms with Crippen LogP contribution < -0.4 is 5.32 Å². The first kappa shape index (κ1) is 33.2. The van der Waals surface area contributed by atoms with Gasteiger partial charge in [0.1, 0.15) is 11.5 Å². The Hall–Kier alpha value is -2.30. The Morgan fingerprint density at radius 3 is 2.29 bits per heavy atom. The smallest absolute Gasteiger partial charge is 0.228 e. The number of amides is 2. The molecule has 3 rings (SSSR count). The van der Waals surface area contributed by atoms with E-state index in [1.807, 2.05) is 5.38 Å². The summed E-state index contributed by atoms with van der Waals surface area (Å²) in [5, 5.41) is 26.2. The average molecular weight is 606 g/mol. The van der Waals surface area contributed by atoms with Crippen LogP contribution in [0.5, 0.6) is 11.5 Å². The second-order valence-electron chi connectivity index (χ2n) is 10.8. The van der Waals surface area contributed by atoms with Crippen LogP contribution in [0.3, 0.4) is 0 Å². The normalized spacial score (nSPS) is 14.2. The third-order valence-corrected chi connectivity index (χ3v) is 9.48. The maximum atomic E-state index is 13.2. The van der Waals surface area contributed by atoms with Gasteiger partial charge in [-0.3, -0.25) is 9.59 Å². The van der Waals surface area contributed by atoms with Crippen LogP contribution in [0.1, 0.15) is 96.6 Å². The van der Waals surface area contributed by atoms with E-state index in [0.29, 0.717) is 41.2 Å². The third kappa shape index (κ3) is 11.5. The number of anilines is 1. The number of aromatic nitrogens is 1. The van der Waals surface area contributed by atoms with E-state index in [1.165, 1.54) is 67.3 Å². The molecule has 3 N–H and O–H groups in total. The van der Waals surface area contributed by atoms with Crippen molar-refractivity contribution in [1.29, 1.82) is 0 Å². The molecule has 1 aliphatic rings. The lowest BCUT2D eigenvalue weighted by Gasteiger charge is -2.26. The molecule has 2 heterocycles. The van der Waals surface area contributed by atoms with Crippen LogP contribution in [0.25, 0.3) is 0 Å². The molecule has 0 spiro atoms. The summed E-state index contributed by atoms with van der Waals surface area (Å²) in [5.41, 5.74) is 0.895. The monoisotopic (exact) mass is 605 g/mol. The van der Waals surface area contributed by atoms with Gasteiger partial charge in [0.15, 0.2) is 4.34 Å². The van der Waals surface area contributed by atoms with Crippen LogP contribution in [-0.2, 0) is 20.7 Å². The van der Waals surface area contributed by atoms with Gasteiger partial charge in [-0.25, -0.2) is 4.98 Å². The van der Waals surface area contributed by atoms with Gasteiger partial charge in [-0.15, -0.1) is 11.3 Å². The van der Waals surface area contributed by atoms with Gasteiger partial charge in [0.25, 0.3) is 0 Å². The summed E-state index contributed by atoms with van der Waals surface area (Å²) in [6, 6.07) is 2.87. The highest BCUT2D eigenvalue weighted by atomic mass is 32.2. The minimum absolute atomic E-state index is 0.0240. The number of ether oxygens (including phenoxy) is 1. The molecule has 1 aliphatic heterocycles. The van der Waals surface area contributed by atoms with Crippen LogP contribution >= 0.6 is 23.1 Å². The molecular weight excluding hydrogens is 558 g/mol. The van der Waals surface area contributed by atoms with Crippen LogP contribution in [-0.4, -0.2) is 58.2 Å². The zero-order valence-corrected chi connectivity index (χ0v) is 26.3. The zero-order valence-electron chi connectivity index (χ0n) is 24.7. The number of phenolic OH excluding ortho intramolecular Hbond substituents is 2. The number of unbranched alkanes of at least 4 members (excludes halogenated alkanes) is 8. The summed E-state index contributed by atoms with van der Waals surface area (Å²) in [5.74, 6) is -0.319. The highest BCUT2D eigenvalue weighted by Gasteiger charge is 2.22. The molecule has 0 aliphatic carbocycles. The number of aromatic hydroxyl groups is 2. The Balaban J connectivity index is 1.57. The summed E-state index contributed by atoms with van der Waals surface area (Å²) < 4.78 is 5.97. The maximum Gasteiger partial charge on any atom is 0.228 e. The fourth-order valence-electron chi connectivity index (χ4n) is 4.96. The number of thiazole rings is 1. The number of nitrogens with one attached hydrogen (secondary N) is 1. The van der Waals surface area contributed by atoms with Crippen molar-refractivity contribution < 1.29 is 24.5 Å². The molecule has 0 radical (unpaired) electrons. The van der Waals surface area contributed by atoms with Crippen LogP contribution in [0.4, 0.5) is 5.69 Å². The molecule has 10 heteroatoms. The molecule has 2 aromatic rings. The first-order valence-electron chi connectivity index (χ1n) is 15.3. The molecule has 228 valence electrons. The topological polar surface area (TPSA) is 112 Å². The first-order valence-corrected chi connectivity index (χ1v) is 17.0.